The summed E-state index contributed by atoms with van der Waals surface area (Å²) >= 11 is 0. The average Bonchev–Trinajstić information content (AvgIpc) is 2.72. The lowest BCUT2D eigenvalue weighted by molar-refractivity contribution is -0.144. The van der Waals surface area contributed by atoms with Crippen LogP contribution >= 0.6 is 0 Å². The fourth-order valence-corrected chi connectivity index (χ4v) is 5.62. The van der Waals surface area contributed by atoms with Gasteiger partial charge < -0.3 is 19.0 Å². The Morgan fingerprint density at radius 1 is 1.09 bits per heavy atom. The van der Waals surface area contributed by atoms with Crippen molar-refractivity contribution in [3.63, 3.8) is 0 Å². The monoisotopic (exact) mass is 537 g/mol. The summed E-state index contributed by atoms with van der Waals surface area (Å²) in [5, 5.41) is 3.13. The highest BCUT2D eigenvalue weighted by atomic mass is 32.2. The molecule has 35 heavy (non-hydrogen) atoms. The molecule has 1 N–H and O–H groups in total. The van der Waals surface area contributed by atoms with E-state index in [9.17, 15) is 30.8 Å². The molecular formula is C22H27F4NO6SSi. The third-order valence-electron chi connectivity index (χ3n) is 4.77. The molecule has 0 bridgehead atoms. The van der Waals surface area contributed by atoms with Crippen LogP contribution in [0.4, 0.5) is 23.2 Å². The molecule has 0 spiro atoms. The maximum atomic E-state index is 13.3. The van der Waals surface area contributed by atoms with Crippen molar-refractivity contribution in [2.24, 2.45) is 0 Å². The zero-order valence-corrected chi connectivity index (χ0v) is 21.6. The Hall–Kier alpha value is -2.80. The minimum absolute atomic E-state index is 0.0660. The van der Waals surface area contributed by atoms with Gasteiger partial charge in [-0.1, -0.05) is 19.6 Å². The first-order valence-corrected chi connectivity index (χ1v) is 15.4. The topological polar surface area (TPSA) is 90.9 Å². The number of hydrogen-bond donors (Lipinski definition) is 1. The number of benzene rings is 2. The van der Waals surface area contributed by atoms with Gasteiger partial charge in [-0.3, -0.25) is 0 Å². The van der Waals surface area contributed by atoms with Crippen molar-refractivity contribution in [2.75, 3.05) is 19.0 Å². The highest BCUT2D eigenvalue weighted by Gasteiger charge is 2.49. The highest BCUT2D eigenvalue weighted by molar-refractivity contribution is 7.88. The summed E-state index contributed by atoms with van der Waals surface area (Å²) in [6.45, 7) is 7.03. The number of methoxy groups -OCH3 is 1. The Balaban J connectivity index is 2.57. The number of ether oxygens (including phenoxy) is 2. The molecule has 0 heterocycles. The van der Waals surface area contributed by atoms with Crippen LogP contribution in [0.2, 0.25) is 19.6 Å². The molecule has 0 fully saturated rings. The third kappa shape index (κ3) is 7.34. The van der Waals surface area contributed by atoms with Crippen molar-refractivity contribution in [1.82, 2.24) is 0 Å². The first-order chi connectivity index (χ1) is 16.1. The number of nitrogens with one attached hydrogen (secondary N) is 1. The predicted octanol–water partition coefficient (Wildman–Crippen LogP) is 4.19. The number of carbonyl (C=O) groups is 1. The van der Waals surface area contributed by atoms with E-state index in [-0.39, 0.29) is 29.5 Å². The van der Waals surface area contributed by atoms with E-state index in [2.05, 4.69) is 9.50 Å². The van der Waals surface area contributed by atoms with Crippen LogP contribution in [-0.4, -0.2) is 47.7 Å². The number of esters is 1. The molecule has 194 valence electrons. The summed E-state index contributed by atoms with van der Waals surface area (Å²) in [7, 11) is -7.15. The van der Waals surface area contributed by atoms with Gasteiger partial charge in [0.05, 0.1) is 21.8 Å². The van der Waals surface area contributed by atoms with Gasteiger partial charge >= 0.3 is 21.6 Å². The summed E-state index contributed by atoms with van der Waals surface area (Å²) in [6, 6.07) is 6.81. The molecule has 13 heteroatoms. The number of anilines is 1. The van der Waals surface area contributed by atoms with Crippen molar-refractivity contribution >= 4 is 35.0 Å². The molecule has 2 rings (SSSR count). The zero-order valence-electron chi connectivity index (χ0n) is 19.8. The van der Waals surface area contributed by atoms with Crippen LogP contribution in [0.5, 0.6) is 11.5 Å². The molecule has 2 aromatic rings. The van der Waals surface area contributed by atoms with Crippen molar-refractivity contribution in [2.45, 2.75) is 44.5 Å². The number of rotatable bonds is 10. The van der Waals surface area contributed by atoms with Crippen LogP contribution in [0.25, 0.3) is 0 Å². The summed E-state index contributed by atoms with van der Waals surface area (Å²) in [5.41, 5.74) is -4.99. The quantitative estimate of drug-likeness (QED) is 0.160. The van der Waals surface area contributed by atoms with Crippen LogP contribution in [0.3, 0.4) is 0 Å². The second kappa shape index (κ2) is 10.9. The predicted molar refractivity (Wildman–Crippen MR) is 126 cm³/mol. The summed E-state index contributed by atoms with van der Waals surface area (Å²) in [4.78, 5) is 12.6. The normalized spacial score (nSPS) is 13.2. The van der Waals surface area contributed by atoms with E-state index in [0.717, 1.165) is 6.07 Å². The van der Waals surface area contributed by atoms with E-state index in [0.29, 0.717) is 5.69 Å². The standard InChI is InChI=1S/C22H27F4NO6SSi/c1-6-32-21(28)17(27-16-9-7-15(23)8-10-16)11-14-12-18(31-2)20(35(3,4)5)19(13-14)33-34(29,30)22(24,25)26/h7-10,12-13,17,27H,6,11H2,1-5H3. The first kappa shape index (κ1) is 28.4. The molecule has 0 aliphatic heterocycles. The van der Waals surface area contributed by atoms with Gasteiger partial charge in [0.2, 0.25) is 0 Å². The lowest BCUT2D eigenvalue weighted by Crippen LogP contribution is -2.41. The molecule has 2 aromatic carbocycles. The average molecular weight is 538 g/mol. The Labute approximate surface area is 202 Å². The van der Waals surface area contributed by atoms with Crippen molar-refractivity contribution in [1.29, 1.82) is 0 Å². The van der Waals surface area contributed by atoms with Gasteiger partial charge in [0.15, 0.2) is 0 Å². The molecule has 0 aliphatic rings. The molecule has 7 nitrogen and oxygen atoms in total. The minimum Gasteiger partial charge on any atom is -0.497 e. The van der Waals surface area contributed by atoms with Crippen LogP contribution in [0, 0.1) is 5.82 Å². The number of halogens is 4. The zero-order chi connectivity index (χ0) is 26.6. The van der Waals surface area contributed by atoms with Crippen molar-refractivity contribution in [3.05, 3.63) is 47.8 Å². The molecule has 0 aromatic heterocycles. The number of carbonyl (C=O) groups excluding carboxylic acids is 1. The molecule has 1 unspecified atom stereocenters. The summed E-state index contributed by atoms with van der Waals surface area (Å²) in [6.07, 6.45) is -0.124. The third-order valence-corrected chi connectivity index (χ3v) is 7.73. The Morgan fingerprint density at radius 2 is 1.66 bits per heavy atom. The molecule has 0 aliphatic carbocycles. The van der Waals surface area contributed by atoms with Crippen molar-refractivity contribution < 1.29 is 44.4 Å². The second-order valence-corrected chi connectivity index (χ2v) is 15.1. The number of alkyl halides is 3. The Bertz CT molecular complexity index is 1150. The van der Waals surface area contributed by atoms with Crippen LogP contribution < -0.4 is 19.4 Å². The smallest absolute Gasteiger partial charge is 0.497 e. The lowest BCUT2D eigenvalue weighted by atomic mass is 10.0. The van der Waals surface area contributed by atoms with E-state index in [1.54, 1.807) is 26.6 Å². The van der Waals surface area contributed by atoms with Gasteiger partial charge in [-0.05, 0) is 48.9 Å². The van der Waals surface area contributed by atoms with E-state index in [4.69, 9.17) is 9.47 Å². The Morgan fingerprint density at radius 3 is 2.14 bits per heavy atom. The maximum absolute atomic E-state index is 13.3. The molecule has 0 saturated carbocycles. The van der Waals surface area contributed by atoms with Crippen LogP contribution in [-0.2, 0) is 26.1 Å². The highest BCUT2D eigenvalue weighted by Crippen LogP contribution is 2.31. The molecule has 0 saturated heterocycles. The van der Waals surface area contributed by atoms with Gasteiger partial charge in [-0.2, -0.15) is 21.6 Å². The van der Waals surface area contributed by atoms with E-state index < -0.39 is 47.3 Å². The minimum atomic E-state index is -5.96. The largest absolute Gasteiger partial charge is 0.534 e. The van der Waals surface area contributed by atoms with Gasteiger partial charge in [0.25, 0.3) is 0 Å². The number of hydrogen-bond acceptors (Lipinski definition) is 7. The molecule has 0 radical (unpaired) electrons. The summed E-state index contributed by atoms with van der Waals surface area (Å²) < 4.78 is 91.1. The SMILES string of the molecule is CCOC(=O)C(Cc1cc(OC)c([Si](C)(C)C)c(OS(=O)(=O)C(F)(F)F)c1)Nc1ccc(F)cc1. The van der Waals surface area contributed by atoms with Crippen LogP contribution in [0.1, 0.15) is 12.5 Å². The van der Waals surface area contributed by atoms with E-state index >= 15 is 0 Å². The Kier molecular flexibility index (Phi) is 8.82. The maximum Gasteiger partial charge on any atom is 0.534 e. The van der Waals surface area contributed by atoms with E-state index in [1.807, 2.05) is 0 Å². The van der Waals surface area contributed by atoms with Crippen LogP contribution in [0.15, 0.2) is 36.4 Å². The lowest BCUT2D eigenvalue weighted by Gasteiger charge is -2.25. The molecular weight excluding hydrogens is 510 g/mol. The van der Waals surface area contributed by atoms with E-state index in [1.165, 1.54) is 37.4 Å². The second-order valence-electron chi connectivity index (χ2n) is 8.56. The summed E-state index contributed by atoms with van der Waals surface area (Å²) in [5.74, 6) is -1.53. The van der Waals surface area contributed by atoms with Gasteiger partial charge in [-0.15, -0.1) is 0 Å². The van der Waals surface area contributed by atoms with Crippen molar-refractivity contribution in [3.8, 4) is 11.5 Å². The fourth-order valence-electron chi connectivity index (χ4n) is 3.31. The molecule has 1 atom stereocenters. The first-order valence-electron chi connectivity index (χ1n) is 10.5. The molecule has 0 amide bonds. The van der Waals surface area contributed by atoms with Gasteiger partial charge in [-0.25, -0.2) is 9.18 Å². The van der Waals surface area contributed by atoms with Gasteiger partial charge in [0, 0.05) is 17.3 Å². The van der Waals surface area contributed by atoms with Gasteiger partial charge in [0.1, 0.15) is 23.4 Å². The fraction of sp³-hybridized carbons (Fsp3) is 0.409.